The maximum absolute atomic E-state index is 11.3. The van der Waals surface area contributed by atoms with Crippen molar-refractivity contribution >= 4 is 11.8 Å². The van der Waals surface area contributed by atoms with Gasteiger partial charge in [-0.15, -0.1) is 0 Å². The lowest BCUT2D eigenvalue weighted by Crippen LogP contribution is -2.14. The van der Waals surface area contributed by atoms with Crippen LogP contribution in [0, 0.1) is 0 Å². The van der Waals surface area contributed by atoms with Crippen molar-refractivity contribution < 1.29 is 24.2 Å². The Balaban J connectivity index is 3.17. The molecule has 0 aromatic heterocycles. The number of carboxylic acid groups (broad SMARTS) is 1. The predicted molar refractivity (Wildman–Crippen MR) is 56.1 cm³/mol. The number of Topliss-reactive ketones (excluding diaryl/α,β-unsaturated/α-hetero) is 1. The van der Waals surface area contributed by atoms with Crippen molar-refractivity contribution in [3.05, 3.63) is 23.8 Å². The molecule has 0 saturated carbocycles. The second kappa shape index (κ2) is 5.16. The Morgan fingerprint density at radius 1 is 1.38 bits per heavy atom. The third kappa shape index (κ3) is 2.50. The van der Waals surface area contributed by atoms with E-state index in [-0.39, 0.29) is 11.3 Å². The van der Waals surface area contributed by atoms with Crippen molar-refractivity contribution in [1.29, 1.82) is 0 Å². The van der Waals surface area contributed by atoms with Gasteiger partial charge in [-0.1, -0.05) is 0 Å². The highest BCUT2D eigenvalue weighted by molar-refractivity contribution is 6.40. The van der Waals surface area contributed by atoms with Gasteiger partial charge >= 0.3 is 5.97 Å². The summed E-state index contributed by atoms with van der Waals surface area (Å²) in [6.45, 7) is 2.08. The number of ether oxygens (including phenoxy) is 2. The summed E-state index contributed by atoms with van der Waals surface area (Å²) < 4.78 is 10.1. The number of aliphatic carboxylic acids is 1. The average Bonchev–Trinajstić information content (AvgIpc) is 2.28. The SMILES string of the molecule is CCOc1cc(OC)ccc1C(=O)C(=O)O. The largest absolute Gasteiger partial charge is 0.497 e. The number of hydrogen-bond donors (Lipinski definition) is 1. The third-order valence-electron chi connectivity index (χ3n) is 1.93. The summed E-state index contributed by atoms with van der Waals surface area (Å²) in [6.07, 6.45) is 0. The maximum Gasteiger partial charge on any atom is 0.377 e. The fourth-order valence-corrected chi connectivity index (χ4v) is 1.21. The summed E-state index contributed by atoms with van der Waals surface area (Å²) in [7, 11) is 1.48. The van der Waals surface area contributed by atoms with Gasteiger partial charge in [0.2, 0.25) is 0 Å². The average molecular weight is 224 g/mol. The molecule has 1 rings (SSSR count). The lowest BCUT2D eigenvalue weighted by molar-refractivity contribution is -0.131. The second-order valence-corrected chi connectivity index (χ2v) is 2.93. The smallest absolute Gasteiger partial charge is 0.377 e. The first-order valence-corrected chi connectivity index (χ1v) is 4.68. The van der Waals surface area contributed by atoms with E-state index >= 15 is 0 Å². The Hall–Kier alpha value is -2.04. The molecule has 16 heavy (non-hydrogen) atoms. The van der Waals surface area contributed by atoms with Crippen LogP contribution in [0.15, 0.2) is 18.2 Å². The van der Waals surface area contributed by atoms with Crippen LogP contribution in [0.1, 0.15) is 17.3 Å². The molecule has 5 nitrogen and oxygen atoms in total. The standard InChI is InChI=1S/C11H12O5/c1-3-16-9-6-7(15-2)4-5-8(9)10(12)11(13)14/h4-6H,3H2,1-2H3,(H,13,14). The summed E-state index contributed by atoms with van der Waals surface area (Å²) in [5.74, 6) is -1.78. The van der Waals surface area contributed by atoms with Crippen LogP contribution < -0.4 is 9.47 Å². The van der Waals surface area contributed by atoms with Crippen molar-refractivity contribution in [2.45, 2.75) is 6.92 Å². The summed E-state index contributed by atoms with van der Waals surface area (Å²) in [6, 6.07) is 4.37. The minimum atomic E-state index is -1.51. The molecule has 1 N–H and O–H groups in total. The molecule has 1 aromatic rings. The molecule has 0 unspecified atom stereocenters. The van der Waals surface area contributed by atoms with Crippen molar-refractivity contribution in [1.82, 2.24) is 0 Å². The van der Waals surface area contributed by atoms with Gasteiger partial charge in [0, 0.05) is 6.07 Å². The monoisotopic (exact) mass is 224 g/mol. The zero-order chi connectivity index (χ0) is 12.1. The Morgan fingerprint density at radius 2 is 2.06 bits per heavy atom. The van der Waals surface area contributed by atoms with Crippen molar-refractivity contribution in [2.75, 3.05) is 13.7 Å². The van der Waals surface area contributed by atoms with E-state index in [1.54, 1.807) is 6.92 Å². The van der Waals surface area contributed by atoms with Crippen LogP contribution in [0.25, 0.3) is 0 Å². The molecule has 86 valence electrons. The van der Waals surface area contributed by atoms with Crippen LogP contribution in [0.4, 0.5) is 0 Å². The number of ketones is 1. The van der Waals surface area contributed by atoms with E-state index in [1.165, 1.54) is 25.3 Å². The third-order valence-corrected chi connectivity index (χ3v) is 1.93. The van der Waals surface area contributed by atoms with Crippen LogP contribution in [0.3, 0.4) is 0 Å². The van der Waals surface area contributed by atoms with Crippen molar-refractivity contribution in [3.8, 4) is 11.5 Å². The van der Waals surface area contributed by atoms with Gasteiger partial charge in [-0.25, -0.2) is 4.79 Å². The van der Waals surface area contributed by atoms with Gasteiger partial charge in [0.05, 0.1) is 19.3 Å². The molecule has 0 bridgehead atoms. The molecule has 5 heteroatoms. The zero-order valence-corrected chi connectivity index (χ0v) is 9.02. The molecule has 0 aliphatic carbocycles. The lowest BCUT2D eigenvalue weighted by Gasteiger charge is -2.09. The highest BCUT2D eigenvalue weighted by Crippen LogP contribution is 2.25. The molecule has 0 fully saturated rings. The number of carbonyl (C=O) groups is 2. The quantitative estimate of drug-likeness (QED) is 0.604. The number of methoxy groups -OCH3 is 1. The number of carboxylic acids is 1. The molecule has 0 spiro atoms. The molecule has 0 radical (unpaired) electrons. The van der Waals surface area contributed by atoms with Gasteiger partial charge in [-0.3, -0.25) is 4.79 Å². The van der Waals surface area contributed by atoms with Gasteiger partial charge < -0.3 is 14.6 Å². The van der Waals surface area contributed by atoms with Gasteiger partial charge in [-0.05, 0) is 19.1 Å². The normalized spacial score (nSPS) is 9.62. The zero-order valence-electron chi connectivity index (χ0n) is 9.02. The lowest BCUT2D eigenvalue weighted by atomic mass is 10.1. The molecule has 0 atom stereocenters. The highest BCUT2D eigenvalue weighted by atomic mass is 16.5. The molecule has 1 aromatic carbocycles. The van der Waals surface area contributed by atoms with Crippen LogP contribution >= 0.6 is 0 Å². The van der Waals surface area contributed by atoms with Crippen LogP contribution in [0.5, 0.6) is 11.5 Å². The number of carbonyl (C=O) groups excluding carboxylic acids is 1. The first kappa shape index (κ1) is 12.0. The first-order valence-electron chi connectivity index (χ1n) is 4.68. The van der Waals surface area contributed by atoms with Gasteiger partial charge in [0.25, 0.3) is 5.78 Å². The minimum absolute atomic E-state index is 0.0233. The Labute approximate surface area is 92.6 Å². The summed E-state index contributed by atoms with van der Waals surface area (Å²) in [5.41, 5.74) is 0.0233. The molecule has 0 heterocycles. The topological polar surface area (TPSA) is 72.8 Å². The van der Waals surface area contributed by atoms with Crippen LogP contribution in [0.2, 0.25) is 0 Å². The summed E-state index contributed by atoms with van der Waals surface area (Å²) in [4.78, 5) is 21.9. The molecule has 0 amide bonds. The number of rotatable bonds is 5. The van der Waals surface area contributed by atoms with E-state index in [1.807, 2.05) is 0 Å². The van der Waals surface area contributed by atoms with E-state index in [9.17, 15) is 9.59 Å². The second-order valence-electron chi connectivity index (χ2n) is 2.93. The minimum Gasteiger partial charge on any atom is -0.497 e. The molecular formula is C11H12O5. The fourth-order valence-electron chi connectivity index (χ4n) is 1.21. The van der Waals surface area contributed by atoms with E-state index in [2.05, 4.69) is 0 Å². The van der Waals surface area contributed by atoms with Crippen LogP contribution in [-0.4, -0.2) is 30.6 Å². The van der Waals surface area contributed by atoms with Crippen LogP contribution in [-0.2, 0) is 4.79 Å². The van der Waals surface area contributed by atoms with Gasteiger partial charge in [0.1, 0.15) is 11.5 Å². The Morgan fingerprint density at radius 3 is 2.56 bits per heavy atom. The molecule has 0 aliphatic rings. The Bertz CT molecular complexity index is 411. The van der Waals surface area contributed by atoms with Gasteiger partial charge in [-0.2, -0.15) is 0 Å². The predicted octanol–water partition coefficient (Wildman–Crippen LogP) is 1.36. The van der Waals surface area contributed by atoms with Gasteiger partial charge in [0.15, 0.2) is 0 Å². The summed E-state index contributed by atoms with van der Waals surface area (Å²) in [5, 5.41) is 8.62. The van der Waals surface area contributed by atoms with Crippen molar-refractivity contribution in [3.63, 3.8) is 0 Å². The maximum atomic E-state index is 11.3. The van der Waals surface area contributed by atoms with Crippen molar-refractivity contribution in [2.24, 2.45) is 0 Å². The summed E-state index contributed by atoms with van der Waals surface area (Å²) >= 11 is 0. The van der Waals surface area contributed by atoms with E-state index in [0.29, 0.717) is 12.4 Å². The molecule has 0 saturated heterocycles. The van der Waals surface area contributed by atoms with E-state index in [4.69, 9.17) is 14.6 Å². The Kier molecular flexibility index (Phi) is 3.88. The van der Waals surface area contributed by atoms with E-state index in [0.717, 1.165) is 0 Å². The fraction of sp³-hybridized carbons (Fsp3) is 0.273. The van der Waals surface area contributed by atoms with E-state index < -0.39 is 11.8 Å². The number of hydrogen-bond acceptors (Lipinski definition) is 4. The number of benzene rings is 1. The molecular weight excluding hydrogens is 212 g/mol. The molecule has 0 aliphatic heterocycles. The first-order chi connectivity index (χ1) is 7.60. The highest BCUT2D eigenvalue weighted by Gasteiger charge is 2.19.